The van der Waals surface area contributed by atoms with Crippen molar-refractivity contribution >= 4 is 32.6 Å². The minimum absolute atomic E-state index is 0.892. The first-order valence-electron chi connectivity index (χ1n) is 15.0. The van der Waals surface area contributed by atoms with Gasteiger partial charge in [-0.2, -0.15) is 0 Å². The Balaban J connectivity index is 1.37. The molecular formula is C41H30N2. The van der Waals surface area contributed by atoms with Crippen molar-refractivity contribution in [3.63, 3.8) is 0 Å². The molecule has 0 bridgehead atoms. The molecule has 6 aromatic carbocycles. The molecule has 0 spiro atoms. The van der Waals surface area contributed by atoms with Gasteiger partial charge in [0.05, 0.1) is 16.7 Å². The van der Waals surface area contributed by atoms with Crippen LogP contribution in [-0.2, 0) is 6.42 Å². The standard InChI is InChI=1S/C41H30N2/c1-2-28-22-25-37(33-19-17-31(18-20-33)29-11-5-3-6-12-29)42-41(28)43-38-26-23-32-15-9-10-16-35(32)40(38)36-24-21-34(27-39(36)43)30-13-7-4-8-14-30/h3-27H,2H2,1H3. The van der Waals surface area contributed by atoms with Crippen molar-refractivity contribution in [2.75, 3.05) is 0 Å². The van der Waals surface area contributed by atoms with Gasteiger partial charge in [0.2, 0.25) is 0 Å². The summed E-state index contributed by atoms with van der Waals surface area (Å²) in [7, 11) is 0. The summed E-state index contributed by atoms with van der Waals surface area (Å²) >= 11 is 0. The lowest BCUT2D eigenvalue weighted by molar-refractivity contribution is 1.01. The zero-order valence-electron chi connectivity index (χ0n) is 24.0. The summed E-state index contributed by atoms with van der Waals surface area (Å²) in [4.78, 5) is 5.40. The molecule has 2 heteroatoms. The maximum Gasteiger partial charge on any atom is 0.141 e. The Morgan fingerprint density at radius 1 is 0.488 bits per heavy atom. The Morgan fingerprint density at radius 3 is 1.86 bits per heavy atom. The first-order chi connectivity index (χ1) is 21.3. The van der Waals surface area contributed by atoms with E-state index < -0.39 is 0 Å². The second-order valence-electron chi connectivity index (χ2n) is 11.1. The predicted molar refractivity (Wildman–Crippen MR) is 182 cm³/mol. The number of pyridine rings is 1. The molecule has 0 saturated heterocycles. The number of rotatable bonds is 5. The number of hydrogen-bond acceptors (Lipinski definition) is 1. The Morgan fingerprint density at radius 2 is 1.12 bits per heavy atom. The zero-order chi connectivity index (χ0) is 28.8. The fourth-order valence-electron chi connectivity index (χ4n) is 6.40. The molecule has 0 aliphatic carbocycles. The van der Waals surface area contributed by atoms with Gasteiger partial charge in [-0.15, -0.1) is 0 Å². The van der Waals surface area contributed by atoms with Crippen molar-refractivity contribution in [1.82, 2.24) is 9.55 Å². The van der Waals surface area contributed by atoms with Crippen molar-refractivity contribution in [2.45, 2.75) is 13.3 Å². The molecule has 8 aromatic rings. The largest absolute Gasteiger partial charge is 0.293 e. The van der Waals surface area contributed by atoms with E-state index in [0.717, 1.165) is 23.5 Å². The monoisotopic (exact) mass is 550 g/mol. The Labute approximate surface area is 251 Å². The molecule has 0 unspecified atom stereocenters. The maximum atomic E-state index is 5.40. The summed E-state index contributed by atoms with van der Waals surface area (Å²) in [6.45, 7) is 2.22. The Hall–Kier alpha value is -5.47. The highest BCUT2D eigenvalue weighted by Crippen LogP contribution is 2.39. The van der Waals surface area contributed by atoms with Gasteiger partial charge < -0.3 is 0 Å². The van der Waals surface area contributed by atoms with Crippen LogP contribution in [0.4, 0.5) is 0 Å². The van der Waals surface area contributed by atoms with Crippen LogP contribution in [0.1, 0.15) is 12.5 Å². The first-order valence-corrected chi connectivity index (χ1v) is 15.0. The van der Waals surface area contributed by atoms with Gasteiger partial charge in [-0.3, -0.25) is 4.57 Å². The van der Waals surface area contributed by atoms with Gasteiger partial charge in [0.25, 0.3) is 0 Å². The van der Waals surface area contributed by atoms with Crippen LogP contribution in [0.25, 0.3) is 71.9 Å². The zero-order valence-corrected chi connectivity index (χ0v) is 24.0. The molecule has 0 aliphatic heterocycles. The van der Waals surface area contributed by atoms with E-state index in [1.165, 1.54) is 60.4 Å². The molecule has 0 amide bonds. The summed E-state index contributed by atoms with van der Waals surface area (Å²) in [5, 5.41) is 5.03. The molecule has 43 heavy (non-hydrogen) atoms. The lowest BCUT2D eigenvalue weighted by Gasteiger charge is -2.14. The van der Waals surface area contributed by atoms with Gasteiger partial charge in [0.1, 0.15) is 5.82 Å². The van der Waals surface area contributed by atoms with Crippen molar-refractivity contribution in [2.24, 2.45) is 0 Å². The molecule has 204 valence electrons. The predicted octanol–water partition coefficient (Wildman–Crippen LogP) is 10.9. The minimum Gasteiger partial charge on any atom is -0.293 e. The molecule has 0 aliphatic rings. The highest BCUT2D eigenvalue weighted by atomic mass is 15.1. The summed E-state index contributed by atoms with van der Waals surface area (Å²) < 4.78 is 2.39. The Bertz CT molecular complexity index is 2240. The summed E-state index contributed by atoms with van der Waals surface area (Å²) in [5.41, 5.74) is 10.5. The number of aromatic nitrogens is 2. The molecule has 0 atom stereocenters. The molecule has 2 nitrogen and oxygen atoms in total. The first kappa shape index (κ1) is 25.3. The fourth-order valence-corrected chi connectivity index (χ4v) is 6.40. The molecule has 0 radical (unpaired) electrons. The van der Waals surface area contributed by atoms with E-state index in [9.17, 15) is 0 Å². The number of benzene rings is 6. The number of hydrogen-bond donors (Lipinski definition) is 0. The highest BCUT2D eigenvalue weighted by molar-refractivity contribution is 6.21. The molecule has 2 heterocycles. The van der Waals surface area contributed by atoms with Crippen LogP contribution >= 0.6 is 0 Å². The van der Waals surface area contributed by atoms with Gasteiger partial charge in [0, 0.05) is 16.3 Å². The third kappa shape index (κ3) is 4.31. The van der Waals surface area contributed by atoms with Crippen molar-refractivity contribution < 1.29 is 0 Å². The van der Waals surface area contributed by atoms with Crippen LogP contribution in [0, 0.1) is 0 Å². The SMILES string of the molecule is CCc1ccc(-c2ccc(-c3ccccc3)cc2)nc1-n1c2cc(-c3ccccc3)ccc2c2c3ccccc3ccc21. The molecular weight excluding hydrogens is 520 g/mol. The summed E-state index contributed by atoms with van der Waals surface area (Å²) in [6, 6.07) is 54.4. The number of fused-ring (bicyclic) bond motifs is 5. The van der Waals surface area contributed by atoms with Crippen molar-refractivity contribution in [1.29, 1.82) is 0 Å². The van der Waals surface area contributed by atoms with Crippen LogP contribution in [0.2, 0.25) is 0 Å². The van der Waals surface area contributed by atoms with E-state index >= 15 is 0 Å². The van der Waals surface area contributed by atoms with Gasteiger partial charge in [0.15, 0.2) is 0 Å². The average molecular weight is 551 g/mol. The van der Waals surface area contributed by atoms with E-state index in [-0.39, 0.29) is 0 Å². The van der Waals surface area contributed by atoms with E-state index in [0.29, 0.717) is 0 Å². The lowest BCUT2D eigenvalue weighted by atomic mass is 10.0. The van der Waals surface area contributed by atoms with E-state index in [1.54, 1.807) is 0 Å². The molecule has 2 aromatic heterocycles. The van der Waals surface area contributed by atoms with Crippen molar-refractivity contribution in [3.05, 3.63) is 157 Å². The minimum atomic E-state index is 0.892. The van der Waals surface area contributed by atoms with Crippen LogP contribution in [0.3, 0.4) is 0 Å². The number of aryl methyl sites for hydroxylation is 1. The third-order valence-electron chi connectivity index (χ3n) is 8.60. The van der Waals surface area contributed by atoms with Gasteiger partial charge in [-0.1, -0.05) is 140 Å². The average Bonchev–Trinajstić information content (AvgIpc) is 3.43. The normalized spacial score (nSPS) is 11.5. The second kappa shape index (κ2) is 10.4. The molecule has 0 saturated carbocycles. The van der Waals surface area contributed by atoms with Crippen LogP contribution < -0.4 is 0 Å². The van der Waals surface area contributed by atoms with Crippen LogP contribution in [0.5, 0.6) is 0 Å². The lowest BCUT2D eigenvalue weighted by Crippen LogP contribution is -2.03. The quantitative estimate of drug-likeness (QED) is 0.208. The van der Waals surface area contributed by atoms with Crippen LogP contribution in [0.15, 0.2) is 152 Å². The second-order valence-corrected chi connectivity index (χ2v) is 11.1. The van der Waals surface area contributed by atoms with Crippen LogP contribution in [-0.4, -0.2) is 9.55 Å². The molecule has 0 fully saturated rings. The number of nitrogens with zero attached hydrogens (tertiary/aromatic N) is 2. The van der Waals surface area contributed by atoms with Gasteiger partial charge in [-0.25, -0.2) is 4.98 Å². The maximum absolute atomic E-state index is 5.40. The van der Waals surface area contributed by atoms with Crippen molar-refractivity contribution in [3.8, 4) is 39.3 Å². The fraction of sp³-hybridized carbons (Fsp3) is 0.0488. The van der Waals surface area contributed by atoms with E-state index in [2.05, 4.69) is 163 Å². The van der Waals surface area contributed by atoms with Gasteiger partial charge in [-0.05, 0) is 63.2 Å². The smallest absolute Gasteiger partial charge is 0.141 e. The summed E-state index contributed by atoms with van der Waals surface area (Å²) in [5.74, 6) is 0.993. The van der Waals surface area contributed by atoms with E-state index in [1.807, 2.05) is 0 Å². The molecule has 0 N–H and O–H groups in total. The third-order valence-corrected chi connectivity index (χ3v) is 8.60. The highest BCUT2D eigenvalue weighted by Gasteiger charge is 2.19. The van der Waals surface area contributed by atoms with E-state index in [4.69, 9.17) is 4.98 Å². The Kier molecular flexibility index (Phi) is 6.12. The van der Waals surface area contributed by atoms with Gasteiger partial charge >= 0.3 is 0 Å². The topological polar surface area (TPSA) is 17.8 Å². The molecule has 8 rings (SSSR count). The summed E-state index contributed by atoms with van der Waals surface area (Å²) in [6.07, 6.45) is 0.892.